The molecule has 136 valence electrons. The monoisotopic (exact) mass is 354 g/mol. The maximum Gasteiger partial charge on any atom is 0.0448 e. The van der Waals surface area contributed by atoms with Crippen LogP contribution in [0.2, 0.25) is 0 Å². The minimum Gasteiger partial charge on any atom is -0.358 e. The first-order chi connectivity index (χ1) is 13.0. The van der Waals surface area contributed by atoms with Gasteiger partial charge in [0, 0.05) is 28.2 Å². The maximum atomic E-state index is 4.35. The predicted octanol–water partition coefficient (Wildman–Crippen LogP) is 6.11. The summed E-state index contributed by atoms with van der Waals surface area (Å²) in [4.78, 5) is 0. The summed E-state index contributed by atoms with van der Waals surface area (Å²) in [7, 11) is 0. The molecule has 0 amide bonds. The Kier molecular flexibility index (Phi) is 4.27. The molecule has 1 aliphatic heterocycles. The summed E-state index contributed by atoms with van der Waals surface area (Å²) >= 11 is 0. The van der Waals surface area contributed by atoms with E-state index in [0.29, 0.717) is 0 Å². The first-order valence-electron chi connectivity index (χ1n) is 9.46. The first-order valence-corrected chi connectivity index (χ1v) is 9.46. The molecule has 27 heavy (non-hydrogen) atoms. The second-order valence-electron chi connectivity index (χ2n) is 7.61. The van der Waals surface area contributed by atoms with E-state index in [1.54, 1.807) is 0 Å². The van der Waals surface area contributed by atoms with E-state index in [1.165, 1.54) is 28.0 Å². The molecule has 0 aromatic heterocycles. The molecule has 0 saturated heterocycles. The molecule has 2 nitrogen and oxygen atoms in total. The zero-order valence-electron chi connectivity index (χ0n) is 16.1. The Morgan fingerprint density at radius 2 is 1.93 bits per heavy atom. The lowest BCUT2D eigenvalue weighted by atomic mass is 9.77. The molecule has 2 aromatic carbocycles. The Balaban J connectivity index is 1.59. The third-order valence-corrected chi connectivity index (χ3v) is 5.63. The average molecular weight is 354 g/mol. The van der Waals surface area contributed by atoms with Crippen LogP contribution in [0.4, 0.5) is 11.4 Å². The van der Waals surface area contributed by atoms with Gasteiger partial charge in [0.2, 0.25) is 0 Å². The van der Waals surface area contributed by atoms with Gasteiger partial charge in [-0.1, -0.05) is 49.6 Å². The van der Waals surface area contributed by atoms with Gasteiger partial charge in [-0.05, 0) is 73.2 Å². The number of fused-ring (bicyclic) bond motifs is 3. The van der Waals surface area contributed by atoms with Gasteiger partial charge in [-0.15, -0.1) is 0 Å². The number of hydrogen-bond donors (Lipinski definition) is 2. The highest BCUT2D eigenvalue weighted by Gasteiger charge is 2.46. The molecule has 2 N–H and O–H groups in total. The number of anilines is 2. The molecule has 2 aromatic rings. The van der Waals surface area contributed by atoms with Crippen molar-refractivity contribution in [2.45, 2.75) is 32.1 Å². The number of nitrogens with one attached hydrogen (secondary N) is 2. The average Bonchev–Trinajstić information content (AvgIpc) is 3.13. The van der Waals surface area contributed by atoms with Gasteiger partial charge >= 0.3 is 0 Å². The lowest BCUT2D eigenvalue weighted by Gasteiger charge is -2.24. The minimum atomic E-state index is -0.0169. The van der Waals surface area contributed by atoms with Crippen molar-refractivity contribution < 1.29 is 0 Å². The second-order valence-corrected chi connectivity index (χ2v) is 7.61. The van der Waals surface area contributed by atoms with Crippen molar-refractivity contribution in [1.29, 1.82) is 0 Å². The standard InChI is InChI=1S/C25H26N2/c1-5-8-17(2)13-18(3)26-22-12-11-20-15-25(16-21(20)14-22)19(4)27-24-10-7-6-9-23(24)25/h5-14,26-27H,3-4,15-16H2,1-2H3/b8-5-,17-13-. The van der Waals surface area contributed by atoms with E-state index in [9.17, 15) is 0 Å². The number of benzene rings is 2. The topological polar surface area (TPSA) is 24.1 Å². The van der Waals surface area contributed by atoms with Crippen LogP contribution in [-0.4, -0.2) is 0 Å². The molecular weight excluding hydrogens is 328 g/mol. The summed E-state index contributed by atoms with van der Waals surface area (Å²) in [5.74, 6) is 0. The fourth-order valence-corrected chi connectivity index (χ4v) is 4.42. The third kappa shape index (κ3) is 3.02. The van der Waals surface area contributed by atoms with Crippen LogP contribution in [0.15, 0.2) is 90.8 Å². The molecule has 1 aliphatic carbocycles. The van der Waals surface area contributed by atoms with E-state index in [2.05, 4.69) is 85.3 Å². The molecule has 0 fully saturated rings. The SMILES string of the molecule is C=C(/C=C(C)\C=C/C)Nc1ccc2c(c1)CC1(C2)C(=C)Nc2ccccc21. The van der Waals surface area contributed by atoms with Gasteiger partial charge in [0.25, 0.3) is 0 Å². The lowest BCUT2D eigenvalue weighted by molar-refractivity contribution is 0.560. The van der Waals surface area contributed by atoms with Crippen LogP contribution in [0.5, 0.6) is 0 Å². The largest absolute Gasteiger partial charge is 0.358 e. The molecule has 1 spiro atoms. The molecule has 2 aliphatic rings. The van der Waals surface area contributed by atoms with Crippen LogP contribution < -0.4 is 10.6 Å². The predicted molar refractivity (Wildman–Crippen MR) is 116 cm³/mol. The van der Waals surface area contributed by atoms with Gasteiger partial charge in [0.1, 0.15) is 0 Å². The lowest BCUT2D eigenvalue weighted by Crippen LogP contribution is -2.26. The Hall–Kier alpha value is -3.00. The van der Waals surface area contributed by atoms with Crippen molar-refractivity contribution in [3.63, 3.8) is 0 Å². The minimum absolute atomic E-state index is 0.0169. The summed E-state index contributed by atoms with van der Waals surface area (Å²) in [5, 5.41) is 6.93. The molecule has 0 saturated carbocycles. The summed E-state index contributed by atoms with van der Waals surface area (Å²) in [6.45, 7) is 12.6. The van der Waals surface area contributed by atoms with E-state index < -0.39 is 0 Å². The van der Waals surface area contributed by atoms with E-state index in [0.717, 1.165) is 29.9 Å². The smallest absolute Gasteiger partial charge is 0.0448 e. The van der Waals surface area contributed by atoms with Crippen LogP contribution in [-0.2, 0) is 18.3 Å². The fraction of sp³-hybridized carbons (Fsp3) is 0.200. The summed E-state index contributed by atoms with van der Waals surface area (Å²) in [5.41, 5.74) is 9.64. The fourth-order valence-electron chi connectivity index (χ4n) is 4.42. The summed E-state index contributed by atoms with van der Waals surface area (Å²) in [6.07, 6.45) is 8.17. The highest BCUT2D eigenvalue weighted by Crippen LogP contribution is 2.51. The zero-order chi connectivity index (χ0) is 19.0. The van der Waals surface area contributed by atoms with E-state index >= 15 is 0 Å². The second kappa shape index (κ2) is 6.62. The van der Waals surface area contributed by atoms with Gasteiger partial charge in [0.05, 0.1) is 0 Å². The van der Waals surface area contributed by atoms with Gasteiger partial charge < -0.3 is 10.6 Å². The van der Waals surface area contributed by atoms with E-state index in [-0.39, 0.29) is 5.41 Å². The number of allylic oxidation sites excluding steroid dienone is 5. The normalized spacial score (nSPS) is 20.7. The highest BCUT2D eigenvalue weighted by atomic mass is 15.0. The Bertz CT molecular complexity index is 993. The van der Waals surface area contributed by atoms with Crippen molar-refractivity contribution in [3.8, 4) is 0 Å². The van der Waals surface area contributed by atoms with Crippen molar-refractivity contribution in [2.24, 2.45) is 0 Å². The molecule has 4 rings (SSSR count). The van der Waals surface area contributed by atoms with E-state index in [1.807, 2.05) is 13.0 Å². The zero-order valence-corrected chi connectivity index (χ0v) is 16.1. The molecule has 0 bridgehead atoms. The Morgan fingerprint density at radius 1 is 1.15 bits per heavy atom. The molecular formula is C25H26N2. The van der Waals surface area contributed by atoms with Gasteiger partial charge in [0.15, 0.2) is 0 Å². The van der Waals surface area contributed by atoms with Crippen LogP contribution in [0.1, 0.15) is 30.5 Å². The van der Waals surface area contributed by atoms with Gasteiger partial charge in [-0.25, -0.2) is 0 Å². The summed E-state index contributed by atoms with van der Waals surface area (Å²) < 4.78 is 0. The van der Waals surface area contributed by atoms with Crippen LogP contribution >= 0.6 is 0 Å². The Morgan fingerprint density at radius 3 is 2.74 bits per heavy atom. The molecule has 1 unspecified atom stereocenters. The third-order valence-electron chi connectivity index (χ3n) is 5.63. The molecule has 1 heterocycles. The van der Waals surface area contributed by atoms with Gasteiger partial charge in [-0.3, -0.25) is 0 Å². The van der Waals surface area contributed by atoms with Gasteiger partial charge in [-0.2, -0.15) is 0 Å². The molecule has 0 radical (unpaired) electrons. The van der Waals surface area contributed by atoms with Crippen molar-refractivity contribution >= 4 is 11.4 Å². The van der Waals surface area contributed by atoms with Crippen molar-refractivity contribution in [2.75, 3.05) is 10.6 Å². The molecule has 2 heteroatoms. The van der Waals surface area contributed by atoms with E-state index in [4.69, 9.17) is 0 Å². The maximum absolute atomic E-state index is 4.35. The quantitative estimate of drug-likeness (QED) is 0.647. The van der Waals surface area contributed by atoms with Crippen LogP contribution in [0, 0.1) is 0 Å². The van der Waals surface area contributed by atoms with Crippen LogP contribution in [0.25, 0.3) is 0 Å². The van der Waals surface area contributed by atoms with Crippen molar-refractivity contribution in [3.05, 3.63) is 108 Å². The highest BCUT2D eigenvalue weighted by molar-refractivity contribution is 5.71. The number of rotatable bonds is 4. The first kappa shape index (κ1) is 17.4. The van der Waals surface area contributed by atoms with Crippen molar-refractivity contribution in [1.82, 2.24) is 0 Å². The Labute approximate surface area is 162 Å². The number of para-hydroxylation sites is 1. The number of hydrogen-bond acceptors (Lipinski definition) is 2. The van der Waals surface area contributed by atoms with Crippen LogP contribution in [0.3, 0.4) is 0 Å². The molecule has 1 atom stereocenters. The summed E-state index contributed by atoms with van der Waals surface area (Å²) in [6, 6.07) is 15.3.